The average Bonchev–Trinajstić information content (AvgIpc) is 2.88. The number of aromatic nitrogens is 1. The molecule has 0 radical (unpaired) electrons. The van der Waals surface area contributed by atoms with Crippen LogP contribution in [0.3, 0.4) is 0 Å². The standard InChI is InChI=1S/C28H27N3O6.CH3NO2/c1-28(2,3)37-27(34)31-23-9-10-24(22-8-6-5-7-21(22)23)36-19-11-12-29-25(16-19)30-18-13-17(26(32)33)14-20(15-18)35-4;2-1(3)4/h5-16H,1-4H3,(H,29,30)(H,31,34)(H,32,33);2H2,(H,3,4). The van der Waals surface area contributed by atoms with E-state index >= 15 is 0 Å². The van der Waals surface area contributed by atoms with Gasteiger partial charge < -0.3 is 35.5 Å². The van der Waals surface area contributed by atoms with Crippen molar-refractivity contribution in [3.8, 4) is 17.2 Å². The number of carboxylic acid groups (broad SMARTS) is 2. The van der Waals surface area contributed by atoms with Gasteiger partial charge in [-0.25, -0.2) is 19.4 Å². The van der Waals surface area contributed by atoms with Crippen LogP contribution in [-0.2, 0) is 4.74 Å². The van der Waals surface area contributed by atoms with Crippen LogP contribution in [0.15, 0.2) is 72.9 Å². The largest absolute Gasteiger partial charge is 0.497 e. The Balaban J connectivity index is 0.00000108. The number of nitrogens with two attached hydrogens (primary N) is 1. The lowest BCUT2D eigenvalue weighted by Crippen LogP contribution is -2.27. The van der Waals surface area contributed by atoms with Crippen molar-refractivity contribution in [3.63, 3.8) is 0 Å². The maximum absolute atomic E-state index is 12.3. The summed E-state index contributed by atoms with van der Waals surface area (Å²) in [7, 11) is 1.47. The number of carbonyl (C=O) groups excluding carboxylic acids is 1. The number of primary amides is 1. The number of amides is 2. The molecule has 41 heavy (non-hydrogen) atoms. The number of nitrogens with zero attached hydrogens (tertiary/aromatic N) is 1. The number of aromatic carboxylic acids is 1. The van der Waals surface area contributed by atoms with Crippen molar-refractivity contribution in [2.45, 2.75) is 26.4 Å². The van der Waals surface area contributed by atoms with Crippen molar-refractivity contribution in [2.75, 3.05) is 17.7 Å². The summed E-state index contributed by atoms with van der Waals surface area (Å²) in [5.41, 5.74) is 4.60. The van der Waals surface area contributed by atoms with E-state index in [2.05, 4.69) is 21.4 Å². The Morgan fingerprint density at radius 1 is 0.902 bits per heavy atom. The predicted molar refractivity (Wildman–Crippen MR) is 154 cm³/mol. The van der Waals surface area contributed by atoms with E-state index in [4.69, 9.17) is 24.1 Å². The Kier molecular flexibility index (Phi) is 9.54. The Labute approximate surface area is 235 Å². The van der Waals surface area contributed by atoms with Crippen LogP contribution in [0.5, 0.6) is 17.2 Å². The van der Waals surface area contributed by atoms with Crippen molar-refractivity contribution < 1.29 is 38.8 Å². The van der Waals surface area contributed by atoms with Crippen LogP contribution < -0.4 is 25.8 Å². The number of hydrogen-bond donors (Lipinski definition) is 5. The summed E-state index contributed by atoms with van der Waals surface area (Å²) in [5.74, 6) is 0.883. The summed E-state index contributed by atoms with van der Waals surface area (Å²) in [4.78, 5) is 36.8. The molecule has 12 heteroatoms. The molecule has 0 fully saturated rings. The third kappa shape index (κ3) is 9.03. The van der Waals surface area contributed by atoms with Gasteiger partial charge in [0.25, 0.3) is 0 Å². The molecule has 4 aromatic rings. The Morgan fingerprint density at radius 3 is 2.22 bits per heavy atom. The Hall–Kier alpha value is -5.52. The maximum atomic E-state index is 12.3. The molecule has 3 aromatic carbocycles. The number of ether oxygens (including phenoxy) is 3. The van der Waals surface area contributed by atoms with E-state index in [9.17, 15) is 14.7 Å². The number of carboxylic acids is 1. The number of carbonyl (C=O) groups is 3. The summed E-state index contributed by atoms with van der Waals surface area (Å²) >= 11 is 0. The molecule has 0 bridgehead atoms. The number of nitrogens with one attached hydrogen (secondary N) is 2. The SMILES string of the molecule is COc1cc(Nc2cc(Oc3ccc(NC(=O)OC(C)(C)C)c4ccccc34)ccn2)cc(C(=O)O)c1.NC(=O)O. The molecule has 0 unspecified atom stereocenters. The number of fused-ring (bicyclic) bond motifs is 1. The van der Waals surface area contributed by atoms with E-state index in [1.54, 1.807) is 57.3 Å². The summed E-state index contributed by atoms with van der Waals surface area (Å²) < 4.78 is 16.8. The fourth-order valence-electron chi connectivity index (χ4n) is 3.61. The van der Waals surface area contributed by atoms with Crippen molar-refractivity contribution in [1.29, 1.82) is 0 Å². The highest BCUT2D eigenvalue weighted by Crippen LogP contribution is 2.35. The van der Waals surface area contributed by atoms with Gasteiger partial charge in [-0.15, -0.1) is 0 Å². The predicted octanol–water partition coefficient (Wildman–Crippen LogP) is 6.45. The summed E-state index contributed by atoms with van der Waals surface area (Å²) in [6.45, 7) is 5.41. The van der Waals surface area contributed by atoms with Crippen molar-refractivity contribution in [3.05, 3.63) is 78.5 Å². The van der Waals surface area contributed by atoms with E-state index in [0.717, 1.165) is 10.8 Å². The number of benzene rings is 3. The quantitative estimate of drug-likeness (QED) is 0.168. The fourth-order valence-corrected chi connectivity index (χ4v) is 3.61. The molecule has 12 nitrogen and oxygen atoms in total. The van der Waals surface area contributed by atoms with Crippen LogP contribution in [0, 0.1) is 0 Å². The van der Waals surface area contributed by atoms with E-state index in [1.165, 1.54) is 19.2 Å². The second-order valence-electron chi connectivity index (χ2n) is 9.48. The molecule has 0 aliphatic rings. The van der Waals surface area contributed by atoms with E-state index in [0.29, 0.717) is 34.4 Å². The van der Waals surface area contributed by atoms with Crippen LogP contribution in [0.1, 0.15) is 31.1 Å². The Bertz CT molecular complexity index is 1560. The minimum Gasteiger partial charge on any atom is -0.497 e. The number of methoxy groups -OCH3 is 1. The highest BCUT2D eigenvalue weighted by Gasteiger charge is 2.18. The highest BCUT2D eigenvalue weighted by atomic mass is 16.6. The van der Waals surface area contributed by atoms with Gasteiger partial charge in [-0.05, 0) is 51.1 Å². The van der Waals surface area contributed by atoms with Gasteiger partial charge in [-0.1, -0.05) is 24.3 Å². The minimum absolute atomic E-state index is 0.0841. The maximum Gasteiger partial charge on any atom is 0.412 e. The van der Waals surface area contributed by atoms with Gasteiger partial charge in [0.1, 0.15) is 28.7 Å². The lowest BCUT2D eigenvalue weighted by molar-refractivity contribution is 0.0634. The van der Waals surface area contributed by atoms with Gasteiger partial charge in [0.2, 0.25) is 0 Å². The van der Waals surface area contributed by atoms with Crippen molar-refractivity contribution in [2.24, 2.45) is 5.73 Å². The number of hydrogen-bond acceptors (Lipinski definition) is 8. The molecule has 2 amide bonds. The number of anilines is 3. The van der Waals surface area contributed by atoms with Gasteiger partial charge >= 0.3 is 18.2 Å². The molecule has 0 aliphatic carbocycles. The molecule has 0 spiro atoms. The summed E-state index contributed by atoms with van der Waals surface area (Å²) in [6, 6.07) is 19.1. The van der Waals surface area contributed by atoms with Crippen molar-refractivity contribution >= 4 is 46.1 Å². The molecule has 0 saturated heterocycles. The molecule has 0 saturated carbocycles. The zero-order valence-corrected chi connectivity index (χ0v) is 22.8. The molecule has 4 rings (SSSR count). The molecule has 0 atom stereocenters. The number of rotatable bonds is 7. The lowest BCUT2D eigenvalue weighted by Gasteiger charge is -2.20. The van der Waals surface area contributed by atoms with Crippen LogP contribution in [0.25, 0.3) is 10.8 Å². The third-order valence-corrected chi connectivity index (χ3v) is 5.14. The smallest absolute Gasteiger partial charge is 0.412 e. The fraction of sp³-hybridized carbons (Fsp3) is 0.172. The molecule has 1 aromatic heterocycles. The van der Waals surface area contributed by atoms with E-state index in [-0.39, 0.29) is 5.56 Å². The zero-order valence-electron chi connectivity index (χ0n) is 22.8. The summed E-state index contributed by atoms with van der Waals surface area (Å²) in [6.07, 6.45) is -0.295. The van der Waals surface area contributed by atoms with Gasteiger partial charge in [-0.3, -0.25) is 5.32 Å². The molecule has 0 aliphatic heterocycles. The molecule has 6 N–H and O–H groups in total. The normalized spacial score (nSPS) is 10.5. The Morgan fingerprint density at radius 2 is 1.59 bits per heavy atom. The lowest BCUT2D eigenvalue weighted by atomic mass is 10.1. The second-order valence-corrected chi connectivity index (χ2v) is 9.48. The van der Waals surface area contributed by atoms with Gasteiger partial charge in [0, 0.05) is 34.8 Å². The van der Waals surface area contributed by atoms with Crippen LogP contribution in [0.2, 0.25) is 0 Å². The molecular weight excluding hydrogens is 532 g/mol. The third-order valence-electron chi connectivity index (χ3n) is 5.14. The van der Waals surface area contributed by atoms with E-state index < -0.39 is 23.8 Å². The molecule has 214 valence electrons. The van der Waals surface area contributed by atoms with Gasteiger partial charge in [0.05, 0.1) is 18.4 Å². The zero-order chi connectivity index (χ0) is 30.2. The topological polar surface area (TPSA) is 182 Å². The molecular formula is C29H30N4O8. The van der Waals surface area contributed by atoms with E-state index in [1.807, 2.05) is 24.3 Å². The summed E-state index contributed by atoms with van der Waals surface area (Å²) in [5, 5.41) is 24.0. The first-order valence-corrected chi connectivity index (χ1v) is 12.2. The highest BCUT2D eigenvalue weighted by molar-refractivity contribution is 6.03. The average molecular weight is 563 g/mol. The second kappa shape index (κ2) is 13.0. The number of pyridine rings is 1. The van der Waals surface area contributed by atoms with Gasteiger partial charge in [0.15, 0.2) is 0 Å². The van der Waals surface area contributed by atoms with Crippen LogP contribution >= 0.6 is 0 Å². The first-order valence-electron chi connectivity index (χ1n) is 12.2. The first kappa shape index (κ1) is 30.0. The first-order chi connectivity index (χ1) is 19.3. The van der Waals surface area contributed by atoms with Gasteiger partial charge in [-0.2, -0.15) is 0 Å². The van der Waals surface area contributed by atoms with Crippen LogP contribution in [0.4, 0.5) is 26.8 Å². The van der Waals surface area contributed by atoms with Crippen molar-refractivity contribution in [1.82, 2.24) is 4.98 Å². The van der Waals surface area contributed by atoms with Crippen LogP contribution in [-0.4, -0.2) is 46.1 Å². The molecule has 1 heterocycles. The monoisotopic (exact) mass is 562 g/mol. The minimum atomic E-state index is -1.33.